The van der Waals surface area contributed by atoms with Gasteiger partial charge in [-0.1, -0.05) is 25.8 Å². The molecule has 0 bridgehead atoms. The van der Waals surface area contributed by atoms with Crippen LogP contribution in [0.5, 0.6) is 0 Å². The van der Waals surface area contributed by atoms with Gasteiger partial charge in [-0.3, -0.25) is 9.69 Å². The fraction of sp³-hybridized carbons (Fsp3) is 0.812. The van der Waals surface area contributed by atoms with Crippen molar-refractivity contribution in [1.82, 2.24) is 15.2 Å². The van der Waals surface area contributed by atoms with Crippen molar-refractivity contribution in [2.75, 3.05) is 26.2 Å². The van der Waals surface area contributed by atoms with E-state index in [1.807, 2.05) is 5.01 Å². The molecule has 3 fully saturated rings. The van der Waals surface area contributed by atoms with Crippen molar-refractivity contribution < 1.29 is 9.66 Å². The fourth-order valence-corrected chi connectivity index (χ4v) is 4.20. The second-order valence-electron chi connectivity index (χ2n) is 6.77. The Kier molecular flexibility index (Phi) is 4.76. The zero-order valence-corrected chi connectivity index (χ0v) is 13.2. The van der Waals surface area contributed by atoms with Crippen molar-refractivity contribution >= 4 is 5.91 Å². The molecule has 1 amide bonds. The molecule has 3 aliphatic rings. The van der Waals surface area contributed by atoms with Gasteiger partial charge in [0.1, 0.15) is 11.0 Å². The SMILES string of the molecule is C=CC(=O)NCC1CN(C2CCCCC2)C2CC[N+](=O)N2C1. The van der Waals surface area contributed by atoms with Crippen LogP contribution in [-0.4, -0.2) is 59.1 Å². The molecule has 0 radical (unpaired) electrons. The number of amides is 1. The van der Waals surface area contributed by atoms with Crippen LogP contribution in [0.25, 0.3) is 0 Å². The third kappa shape index (κ3) is 3.16. The summed E-state index contributed by atoms with van der Waals surface area (Å²) in [4.78, 5) is 27.2. The lowest BCUT2D eigenvalue weighted by atomic mass is 9.91. The topological polar surface area (TPSA) is 55.7 Å². The average molecular weight is 307 g/mol. The first-order chi connectivity index (χ1) is 10.7. The molecule has 1 N–H and O–H groups in total. The summed E-state index contributed by atoms with van der Waals surface area (Å²) in [5, 5.41) is 4.86. The van der Waals surface area contributed by atoms with Crippen molar-refractivity contribution in [2.45, 2.75) is 50.7 Å². The number of nitroso groups, excluding NO2 is 1. The molecule has 22 heavy (non-hydrogen) atoms. The van der Waals surface area contributed by atoms with Crippen molar-refractivity contribution in [1.29, 1.82) is 0 Å². The van der Waals surface area contributed by atoms with E-state index in [4.69, 9.17) is 0 Å². The van der Waals surface area contributed by atoms with Crippen LogP contribution in [0.2, 0.25) is 0 Å². The standard InChI is InChI=1S/C16H26N4O2/c1-2-15(21)17-10-13-11-18(14-6-4-3-5-7-14)16-8-9-20(22)19(16)12-13/h2,13-14,16H,1,3-12H2/p+1. The normalized spacial score (nSPS) is 30.2. The predicted molar refractivity (Wildman–Crippen MR) is 83.9 cm³/mol. The maximum atomic E-state index is 12.1. The molecular formula is C16H27N4O2+. The highest BCUT2D eigenvalue weighted by Crippen LogP contribution is 2.32. The maximum absolute atomic E-state index is 12.1. The molecule has 0 aromatic rings. The third-order valence-corrected chi connectivity index (χ3v) is 5.30. The van der Waals surface area contributed by atoms with Crippen LogP contribution in [-0.2, 0) is 4.79 Å². The number of carbonyl (C=O) groups excluding carboxylic acids is 1. The molecule has 1 saturated carbocycles. The minimum atomic E-state index is -0.133. The molecule has 0 spiro atoms. The first-order valence-corrected chi connectivity index (χ1v) is 8.56. The van der Waals surface area contributed by atoms with Gasteiger partial charge in [0.2, 0.25) is 12.5 Å². The van der Waals surface area contributed by atoms with E-state index in [2.05, 4.69) is 16.8 Å². The summed E-state index contributed by atoms with van der Waals surface area (Å²) < 4.78 is 0. The number of hydrazine groups is 1. The van der Waals surface area contributed by atoms with E-state index in [1.165, 1.54) is 38.2 Å². The van der Waals surface area contributed by atoms with Crippen molar-refractivity contribution in [3.8, 4) is 0 Å². The van der Waals surface area contributed by atoms with Gasteiger partial charge in [0.05, 0.1) is 17.9 Å². The van der Waals surface area contributed by atoms with Crippen molar-refractivity contribution in [2.24, 2.45) is 5.92 Å². The first kappa shape index (κ1) is 15.5. The Morgan fingerprint density at radius 3 is 2.73 bits per heavy atom. The van der Waals surface area contributed by atoms with Crippen LogP contribution < -0.4 is 5.32 Å². The smallest absolute Gasteiger partial charge is 0.243 e. The second-order valence-corrected chi connectivity index (χ2v) is 6.77. The Bertz CT molecular complexity index is 447. The van der Waals surface area contributed by atoms with Crippen LogP contribution in [0.15, 0.2) is 12.7 Å². The Morgan fingerprint density at radius 1 is 1.23 bits per heavy atom. The molecule has 1 aliphatic carbocycles. The summed E-state index contributed by atoms with van der Waals surface area (Å²) in [5.41, 5.74) is 0. The molecule has 2 aliphatic heterocycles. The molecule has 6 heteroatoms. The van der Waals surface area contributed by atoms with E-state index in [9.17, 15) is 9.70 Å². The molecule has 122 valence electrons. The van der Waals surface area contributed by atoms with Gasteiger partial charge >= 0.3 is 0 Å². The van der Waals surface area contributed by atoms with Gasteiger partial charge in [-0.25, -0.2) is 0 Å². The number of carbonyl (C=O) groups is 1. The molecule has 6 nitrogen and oxygen atoms in total. The van der Waals surface area contributed by atoms with E-state index < -0.39 is 0 Å². The fourth-order valence-electron chi connectivity index (χ4n) is 4.20. The summed E-state index contributed by atoms with van der Waals surface area (Å²) in [5.74, 6) is 0.170. The number of fused-ring (bicyclic) bond motifs is 1. The minimum absolute atomic E-state index is 0.133. The summed E-state index contributed by atoms with van der Waals surface area (Å²) in [6.07, 6.45) is 8.94. The van der Waals surface area contributed by atoms with E-state index >= 15 is 0 Å². The lowest BCUT2D eigenvalue weighted by molar-refractivity contribution is -0.697. The highest BCUT2D eigenvalue weighted by atomic mass is 16.3. The molecule has 2 saturated heterocycles. The van der Waals surface area contributed by atoms with Crippen LogP contribution in [0.1, 0.15) is 38.5 Å². The molecule has 0 aromatic carbocycles. The Hall–Kier alpha value is -1.43. The Labute approximate surface area is 132 Å². The lowest BCUT2D eigenvalue weighted by Gasteiger charge is -2.44. The summed E-state index contributed by atoms with van der Waals surface area (Å²) >= 11 is 0. The van der Waals surface area contributed by atoms with Gasteiger partial charge in [-0.2, -0.15) is 0 Å². The van der Waals surface area contributed by atoms with Crippen molar-refractivity contribution in [3.63, 3.8) is 0 Å². The Balaban J connectivity index is 1.68. The largest absolute Gasteiger partial charge is 0.352 e. The van der Waals surface area contributed by atoms with Gasteiger partial charge in [0.15, 0.2) is 0 Å². The predicted octanol–water partition coefficient (Wildman–Crippen LogP) is 1.28. The monoisotopic (exact) mass is 307 g/mol. The summed E-state index contributed by atoms with van der Waals surface area (Å²) in [7, 11) is 0. The van der Waals surface area contributed by atoms with E-state index in [-0.39, 0.29) is 12.1 Å². The molecule has 2 unspecified atom stereocenters. The van der Waals surface area contributed by atoms with Crippen molar-refractivity contribution in [3.05, 3.63) is 17.6 Å². The number of nitrogens with zero attached hydrogens (tertiary/aromatic N) is 3. The van der Waals surface area contributed by atoms with Gasteiger partial charge < -0.3 is 5.32 Å². The first-order valence-electron chi connectivity index (χ1n) is 8.56. The molecule has 0 aromatic heterocycles. The Morgan fingerprint density at radius 2 is 2.00 bits per heavy atom. The average Bonchev–Trinajstić information content (AvgIpc) is 2.94. The number of rotatable bonds is 4. The number of hydrogen-bond acceptors (Lipinski definition) is 3. The highest BCUT2D eigenvalue weighted by molar-refractivity contribution is 5.86. The van der Waals surface area contributed by atoms with E-state index in [0.29, 0.717) is 25.0 Å². The minimum Gasteiger partial charge on any atom is -0.352 e. The highest BCUT2D eigenvalue weighted by Gasteiger charge is 2.48. The van der Waals surface area contributed by atoms with Gasteiger partial charge in [-0.15, -0.1) is 5.01 Å². The third-order valence-electron chi connectivity index (χ3n) is 5.30. The van der Waals surface area contributed by atoms with Gasteiger partial charge in [0.25, 0.3) is 0 Å². The quantitative estimate of drug-likeness (QED) is 0.628. The number of nitrogens with one attached hydrogen (secondary N) is 1. The van der Waals surface area contributed by atoms with Crippen LogP contribution in [0, 0.1) is 10.8 Å². The number of hydrogen-bond donors (Lipinski definition) is 1. The zero-order valence-electron chi connectivity index (χ0n) is 13.2. The molecule has 3 rings (SSSR count). The van der Waals surface area contributed by atoms with Gasteiger partial charge in [-0.05, 0) is 18.9 Å². The molecular weight excluding hydrogens is 280 g/mol. The van der Waals surface area contributed by atoms with E-state index in [1.54, 1.807) is 0 Å². The second kappa shape index (κ2) is 6.77. The summed E-state index contributed by atoms with van der Waals surface area (Å²) in [6, 6.07) is 0.602. The van der Waals surface area contributed by atoms with Crippen LogP contribution in [0.4, 0.5) is 0 Å². The zero-order chi connectivity index (χ0) is 15.5. The molecule has 2 atom stereocenters. The lowest BCUT2D eigenvalue weighted by Crippen LogP contribution is -2.60. The van der Waals surface area contributed by atoms with Gasteiger partial charge in [0, 0.05) is 25.0 Å². The van der Waals surface area contributed by atoms with Crippen LogP contribution in [0.3, 0.4) is 0 Å². The van der Waals surface area contributed by atoms with E-state index in [0.717, 1.165) is 24.4 Å². The maximum Gasteiger partial charge on any atom is 0.243 e. The molecule has 2 heterocycles. The van der Waals surface area contributed by atoms with Crippen LogP contribution >= 0.6 is 0 Å². The summed E-state index contributed by atoms with van der Waals surface area (Å²) in [6.45, 7) is 6.43.